The molecule has 1 fully saturated rings. The number of rotatable bonds is 3. The predicted molar refractivity (Wildman–Crippen MR) is 72.7 cm³/mol. The molecule has 0 bridgehead atoms. The summed E-state index contributed by atoms with van der Waals surface area (Å²) in [6, 6.07) is 4.13. The highest BCUT2D eigenvalue weighted by Gasteiger charge is 2.20. The summed E-state index contributed by atoms with van der Waals surface area (Å²) >= 11 is 0. The highest BCUT2D eigenvalue weighted by atomic mass is 16.2. The number of nitrogens with zero attached hydrogens (tertiary/aromatic N) is 3. The molecule has 1 aromatic rings. The van der Waals surface area contributed by atoms with E-state index in [1.165, 1.54) is 5.56 Å². The van der Waals surface area contributed by atoms with E-state index in [-0.39, 0.29) is 5.91 Å². The molecule has 98 valence electrons. The number of carbonyl (C=O) groups excluding carboxylic acids is 1. The fourth-order valence-corrected chi connectivity index (χ4v) is 2.20. The maximum Gasteiger partial charge on any atom is 0.222 e. The molecule has 0 spiro atoms. The lowest BCUT2D eigenvalue weighted by Gasteiger charge is -2.35. The number of amides is 1. The van der Waals surface area contributed by atoms with Gasteiger partial charge < -0.3 is 9.80 Å². The molecule has 1 saturated heterocycles. The Hall–Kier alpha value is -1.58. The summed E-state index contributed by atoms with van der Waals surface area (Å²) in [6.45, 7) is 7.47. The smallest absolute Gasteiger partial charge is 0.222 e. The van der Waals surface area contributed by atoms with Gasteiger partial charge in [-0.05, 0) is 25.0 Å². The molecular formula is C14H21N3O. The summed E-state index contributed by atoms with van der Waals surface area (Å²) in [5.41, 5.74) is 1.18. The van der Waals surface area contributed by atoms with Crippen LogP contribution in [0.25, 0.3) is 0 Å². The van der Waals surface area contributed by atoms with Gasteiger partial charge in [-0.25, -0.2) is 4.98 Å². The SMILES string of the molecule is CCCC(=O)N1CCN(c2ccc(C)cn2)CC1. The van der Waals surface area contributed by atoms with Gasteiger partial charge in [-0.2, -0.15) is 0 Å². The van der Waals surface area contributed by atoms with Crippen molar-refractivity contribution in [1.82, 2.24) is 9.88 Å². The first-order valence-electron chi connectivity index (χ1n) is 6.66. The van der Waals surface area contributed by atoms with Crippen LogP contribution >= 0.6 is 0 Å². The molecule has 18 heavy (non-hydrogen) atoms. The maximum absolute atomic E-state index is 11.8. The standard InChI is InChI=1S/C14H21N3O/c1-3-4-14(18)17-9-7-16(8-10-17)13-6-5-12(2)11-15-13/h5-6,11H,3-4,7-10H2,1-2H3. The summed E-state index contributed by atoms with van der Waals surface area (Å²) < 4.78 is 0. The van der Waals surface area contributed by atoms with E-state index < -0.39 is 0 Å². The zero-order valence-electron chi connectivity index (χ0n) is 11.2. The third kappa shape index (κ3) is 3.00. The van der Waals surface area contributed by atoms with Gasteiger partial charge in [0.2, 0.25) is 5.91 Å². The molecule has 0 unspecified atom stereocenters. The van der Waals surface area contributed by atoms with Crippen molar-refractivity contribution in [3.8, 4) is 0 Å². The summed E-state index contributed by atoms with van der Waals surface area (Å²) in [5, 5.41) is 0. The van der Waals surface area contributed by atoms with Gasteiger partial charge in [-0.15, -0.1) is 0 Å². The summed E-state index contributed by atoms with van der Waals surface area (Å²) in [6.07, 6.45) is 3.49. The van der Waals surface area contributed by atoms with Gasteiger partial charge in [0.15, 0.2) is 0 Å². The minimum atomic E-state index is 0.286. The van der Waals surface area contributed by atoms with Gasteiger partial charge in [-0.1, -0.05) is 13.0 Å². The number of carbonyl (C=O) groups is 1. The summed E-state index contributed by atoms with van der Waals surface area (Å²) in [7, 11) is 0. The molecule has 0 atom stereocenters. The van der Waals surface area contributed by atoms with Crippen LogP contribution in [0.2, 0.25) is 0 Å². The number of hydrogen-bond acceptors (Lipinski definition) is 3. The van der Waals surface area contributed by atoms with Gasteiger partial charge in [0.05, 0.1) is 0 Å². The van der Waals surface area contributed by atoms with Crippen LogP contribution in [-0.2, 0) is 4.79 Å². The molecule has 0 aliphatic carbocycles. The third-order valence-corrected chi connectivity index (χ3v) is 3.32. The van der Waals surface area contributed by atoms with E-state index >= 15 is 0 Å². The number of aromatic nitrogens is 1. The number of hydrogen-bond donors (Lipinski definition) is 0. The second-order valence-electron chi connectivity index (χ2n) is 4.81. The van der Waals surface area contributed by atoms with Crippen LogP contribution in [0.1, 0.15) is 25.3 Å². The topological polar surface area (TPSA) is 36.4 Å². The fourth-order valence-electron chi connectivity index (χ4n) is 2.20. The minimum absolute atomic E-state index is 0.286. The molecule has 0 saturated carbocycles. The van der Waals surface area contributed by atoms with Gasteiger partial charge >= 0.3 is 0 Å². The van der Waals surface area contributed by atoms with Crippen LogP contribution in [0.5, 0.6) is 0 Å². The quantitative estimate of drug-likeness (QED) is 0.817. The van der Waals surface area contributed by atoms with E-state index in [1.54, 1.807) is 0 Å². The van der Waals surface area contributed by atoms with Crippen molar-refractivity contribution in [2.24, 2.45) is 0 Å². The average molecular weight is 247 g/mol. The van der Waals surface area contributed by atoms with Gasteiger partial charge in [-0.3, -0.25) is 4.79 Å². The maximum atomic E-state index is 11.8. The molecule has 0 radical (unpaired) electrons. The van der Waals surface area contributed by atoms with Crippen LogP contribution < -0.4 is 4.90 Å². The summed E-state index contributed by atoms with van der Waals surface area (Å²) in [4.78, 5) is 20.4. The van der Waals surface area contributed by atoms with Crippen LogP contribution in [0.4, 0.5) is 5.82 Å². The predicted octanol–water partition coefficient (Wildman–Crippen LogP) is 1.84. The van der Waals surface area contributed by atoms with Crippen LogP contribution in [0.15, 0.2) is 18.3 Å². The van der Waals surface area contributed by atoms with Crippen molar-refractivity contribution in [2.75, 3.05) is 31.1 Å². The van der Waals surface area contributed by atoms with Gasteiger partial charge in [0, 0.05) is 38.8 Å². The van der Waals surface area contributed by atoms with Crippen molar-refractivity contribution in [1.29, 1.82) is 0 Å². The molecule has 0 aromatic carbocycles. The van der Waals surface area contributed by atoms with Crippen molar-refractivity contribution in [3.05, 3.63) is 23.9 Å². The lowest BCUT2D eigenvalue weighted by atomic mass is 10.2. The number of anilines is 1. The average Bonchev–Trinajstić information content (AvgIpc) is 2.40. The fraction of sp³-hybridized carbons (Fsp3) is 0.571. The van der Waals surface area contributed by atoms with E-state index in [4.69, 9.17) is 0 Å². The first-order valence-corrected chi connectivity index (χ1v) is 6.66. The first-order chi connectivity index (χ1) is 8.70. The monoisotopic (exact) mass is 247 g/mol. The Balaban J connectivity index is 1.90. The molecule has 0 N–H and O–H groups in total. The lowest BCUT2D eigenvalue weighted by molar-refractivity contribution is -0.131. The Morgan fingerprint density at radius 3 is 2.56 bits per heavy atom. The third-order valence-electron chi connectivity index (χ3n) is 3.32. The van der Waals surface area contributed by atoms with Crippen LogP contribution in [0, 0.1) is 6.92 Å². The lowest BCUT2D eigenvalue weighted by Crippen LogP contribution is -2.49. The molecule has 2 heterocycles. The molecule has 1 aromatic heterocycles. The Kier molecular flexibility index (Phi) is 4.18. The Labute approximate surface area is 109 Å². The van der Waals surface area contributed by atoms with Gasteiger partial charge in [0.1, 0.15) is 5.82 Å². The van der Waals surface area contributed by atoms with Crippen LogP contribution in [0.3, 0.4) is 0 Å². The van der Waals surface area contributed by atoms with Crippen molar-refractivity contribution < 1.29 is 4.79 Å². The minimum Gasteiger partial charge on any atom is -0.353 e. The number of piperazine rings is 1. The van der Waals surface area contributed by atoms with Gasteiger partial charge in [0.25, 0.3) is 0 Å². The highest BCUT2D eigenvalue weighted by Crippen LogP contribution is 2.14. The largest absolute Gasteiger partial charge is 0.353 e. The van der Waals surface area contributed by atoms with Crippen molar-refractivity contribution in [3.63, 3.8) is 0 Å². The van der Waals surface area contributed by atoms with E-state index in [1.807, 2.05) is 24.9 Å². The Bertz CT molecular complexity index is 394. The second kappa shape index (κ2) is 5.85. The second-order valence-corrected chi connectivity index (χ2v) is 4.81. The first kappa shape index (κ1) is 12.9. The van der Waals surface area contributed by atoms with E-state index in [0.717, 1.165) is 38.4 Å². The highest BCUT2D eigenvalue weighted by molar-refractivity contribution is 5.76. The van der Waals surface area contributed by atoms with Crippen molar-refractivity contribution >= 4 is 11.7 Å². The molecule has 4 heteroatoms. The molecule has 1 amide bonds. The van der Waals surface area contributed by atoms with E-state index in [0.29, 0.717) is 6.42 Å². The van der Waals surface area contributed by atoms with E-state index in [9.17, 15) is 4.79 Å². The van der Waals surface area contributed by atoms with Crippen LogP contribution in [-0.4, -0.2) is 42.0 Å². The number of pyridine rings is 1. The Morgan fingerprint density at radius 2 is 2.00 bits per heavy atom. The molecule has 1 aliphatic heterocycles. The normalized spacial score (nSPS) is 15.9. The number of aryl methyl sites for hydroxylation is 1. The molecule has 4 nitrogen and oxygen atoms in total. The van der Waals surface area contributed by atoms with E-state index in [2.05, 4.69) is 22.0 Å². The summed E-state index contributed by atoms with van der Waals surface area (Å²) in [5.74, 6) is 1.30. The molecule has 2 rings (SSSR count). The van der Waals surface area contributed by atoms with Crippen molar-refractivity contribution in [2.45, 2.75) is 26.7 Å². The zero-order valence-corrected chi connectivity index (χ0v) is 11.2. The Morgan fingerprint density at radius 1 is 1.28 bits per heavy atom. The molecular weight excluding hydrogens is 226 g/mol. The molecule has 1 aliphatic rings. The zero-order chi connectivity index (χ0) is 13.0.